The molecule has 2 unspecified atom stereocenters. The van der Waals surface area contributed by atoms with Crippen LogP contribution in [0.25, 0.3) is 0 Å². The van der Waals surface area contributed by atoms with Gasteiger partial charge >= 0.3 is 0 Å². The van der Waals surface area contributed by atoms with E-state index in [1.165, 1.54) is 30.4 Å². The minimum atomic E-state index is 0.312. The third-order valence-corrected chi connectivity index (χ3v) is 3.65. The molecule has 0 radical (unpaired) electrons. The second-order valence-electron chi connectivity index (χ2n) is 5.02. The summed E-state index contributed by atoms with van der Waals surface area (Å²) in [4.78, 5) is 0. The quantitative estimate of drug-likeness (QED) is 0.785. The second kappa shape index (κ2) is 4.36. The van der Waals surface area contributed by atoms with Crippen molar-refractivity contribution in [2.45, 2.75) is 45.1 Å². The predicted octanol–water partition coefficient (Wildman–Crippen LogP) is 3.09. The van der Waals surface area contributed by atoms with Gasteiger partial charge in [0.25, 0.3) is 0 Å². The summed E-state index contributed by atoms with van der Waals surface area (Å²) >= 11 is 0. The summed E-state index contributed by atoms with van der Waals surface area (Å²) in [6, 6.07) is 9.12. The van der Waals surface area contributed by atoms with Gasteiger partial charge in [-0.1, -0.05) is 38.1 Å². The molecule has 0 fully saturated rings. The highest BCUT2D eigenvalue weighted by Gasteiger charge is 2.26. The summed E-state index contributed by atoms with van der Waals surface area (Å²) in [6.45, 7) is 4.45. The van der Waals surface area contributed by atoms with E-state index in [2.05, 4.69) is 38.1 Å². The van der Waals surface area contributed by atoms with Gasteiger partial charge in [0.2, 0.25) is 0 Å². The molecule has 2 N–H and O–H groups in total. The fourth-order valence-electron chi connectivity index (χ4n) is 2.66. The van der Waals surface area contributed by atoms with E-state index in [-0.39, 0.29) is 0 Å². The van der Waals surface area contributed by atoms with Gasteiger partial charge in [0.05, 0.1) is 0 Å². The molecule has 0 saturated carbocycles. The van der Waals surface area contributed by atoms with E-state index >= 15 is 0 Å². The molecule has 2 atom stereocenters. The zero-order valence-corrected chi connectivity index (χ0v) is 9.74. The second-order valence-corrected chi connectivity index (χ2v) is 5.02. The third kappa shape index (κ3) is 2.07. The van der Waals surface area contributed by atoms with Gasteiger partial charge in [0, 0.05) is 6.04 Å². The number of benzene rings is 1. The SMILES string of the molecule is CC(C)C(N)C1CCCc2ccccc21. The van der Waals surface area contributed by atoms with Crippen molar-refractivity contribution in [2.75, 3.05) is 0 Å². The summed E-state index contributed by atoms with van der Waals surface area (Å²) in [7, 11) is 0. The van der Waals surface area contributed by atoms with Crippen molar-refractivity contribution in [3.8, 4) is 0 Å². The highest BCUT2D eigenvalue weighted by atomic mass is 14.7. The third-order valence-electron chi connectivity index (χ3n) is 3.65. The molecule has 1 aromatic rings. The minimum Gasteiger partial charge on any atom is -0.327 e. The average Bonchev–Trinajstić information content (AvgIpc) is 2.27. The van der Waals surface area contributed by atoms with E-state index in [1.807, 2.05) is 0 Å². The topological polar surface area (TPSA) is 26.0 Å². The highest BCUT2D eigenvalue weighted by molar-refractivity contribution is 5.33. The lowest BCUT2D eigenvalue weighted by Crippen LogP contribution is -2.35. The Morgan fingerprint density at radius 2 is 2.00 bits per heavy atom. The maximum absolute atomic E-state index is 6.31. The molecule has 1 nitrogen and oxygen atoms in total. The molecule has 0 spiro atoms. The molecule has 2 rings (SSSR count). The number of rotatable bonds is 2. The fourth-order valence-corrected chi connectivity index (χ4v) is 2.66. The monoisotopic (exact) mass is 203 g/mol. The Labute approximate surface area is 92.7 Å². The van der Waals surface area contributed by atoms with Crippen LogP contribution >= 0.6 is 0 Å². The molecule has 0 aliphatic heterocycles. The van der Waals surface area contributed by atoms with Crippen LogP contribution in [-0.4, -0.2) is 6.04 Å². The van der Waals surface area contributed by atoms with Crippen molar-refractivity contribution >= 4 is 0 Å². The van der Waals surface area contributed by atoms with Crippen LogP contribution in [0.5, 0.6) is 0 Å². The van der Waals surface area contributed by atoms with Crippen LogP contribution in [0, 0.1) is 5.92 Å². The first-order valence-corrected chi connectivity index (χ1v) is 6.03. The Balaban J connectivity index is 2.29. The van der Waals surface area contributed by atoms with Crippen molar-refractivity contribution in [1.29, 1.82) is 0 Å². The summed E-state index contributed by atoms with van der Waals surface area (Å²) in [5.74, 6) is 1.15. The van der Waals surface area contributed by atoms with Crippen molar-refractivity contribution in [3.63, 3.8) is 0 Å². The first-order chi connectivity index (χ1) is 7.20. The van der Waals surface area contributed by atoms with Crippen LogP contribution in [-0.2, 0) is 6.42 Å². The number of aryl methyl sites for hydroxylation is 1. The van der Waals surface area contributed by atoms with E-state index in [4.69, 9.17) is 5.73 Å². The molecule has 0 heterocycles. The number of hydrogen-bond acceptors (Lipinski definition) is 1. The van der Waals surface area contributed by atoms with Crippen molar-refractivity contribution in [1.82, 2.24) is 0 Å². The summed E-state index contributed by atoms with van der Waals surface area (Å²) in [6.07, 6.45) is 3.79. The Bertz CT molecular complexity index is 330. The maximum atomic E-state index is 6.31. The molecular formula is C14H21N. The van der Waals surface area contributed by atoms with Crippen molar-refractivity contribution in [3.05, 3.63) is 35.4 Å². The molecule has 1 aliphatic rings. The highest BCUT2D eigenvalue weighted by Crippen LogP contribution is 2.35. The smallest absolute Gasteiger partial charge is 0.0131 e. The first kappa shape index (κ1) is 10.7. The van der Waals surface area contributed by atoms with Gasteiger partial charge < -0.3 is 5.73 Å². The van der Waals surface area contributed by atoms with E-state index in [9.17, 15) is 0 Å². The Morgan fingerprint density at radius 1 is 1.27 bits per heavy atom. The molecule has 0 amide bonds. The van der Waals surface area contributed by atoms with Crippen LogP contribution in [0.3, 0.4) is 0 Å². The van der Waals surface area contributed by atoms with Gasteiger partial charge in [-0.2, -0.15) is 0 Å². The number of fused-ring (bicyclic) bond motifs is 1. The Kier molecular flexibility index (Phi) is 3.11. The van der Waals surface area contributed by atoms with Gasteiger partial charge in [-0.3, -0.25) is 0 Å². The zero-order chi connectivity index (χ0) is 10.8. The molecular weight excluding hydrogens is 182 g/mol. The van der Waals surface area contributed by atoms with E-state index in [0.717, 1.165) is 0 Å². The first-order valence-electron chi connectivity index (χ1n) is 6.03. The predicted molar refractivity (Wildman–Crippen MR) is 64.9 cm³/mol. The van der Waals surface area contributed by atoms with Crippen LogP contribution in [0.1, 0.15) is 43.7 Å². The molecule has 1 aromatic carbocycles. The molecule has 82 valence electrons. The minimum absolute atomic E-state index is 0.312. The lowest BCUT2D eigenvalue weighted by atomic mass is 9.76. The molecule has 0 aromatic heterocycles. The zero-order valence-electron chi connectivity index (χ0n) is 9.74. The van der Waals surface area contributed by atoms with Crippen LogP contribution < -0.4 is 5.73 Å². The maximum Gasteiger partial charge on any atom is 0.0131 e. The van der Waals surface area contributed by atoms with Crippen LogP contribution in [0.15, 0.2) is 24.3 Å². The summed E-state index contributed by atoms with van der Waals surface area (Å²) < 4.78 is 0. The fraction of sp³-hybridized carbons (Fsp3) is 0.571. The summed E-state index contributed by atoms with van der Waals surface area (Å²) in [5, 5.41) is 0. The molecule has 1 aliphatic carbocycles. The van der Waals surface area contributed by atoms with Crippen molar-refractivity contribution in [2.24, 2.45) is 11.7 Å². The Hall–Kier alpha value is -0.820. The normalized spacial score (nSPS) is 22.5. The summed E-state index contributed by atoms with van der Waals surface area (Å²) in [5.41, 5.74) is 9.33. The van der Waals surface area contributed by atoms with Gasteiger partial charge in [-0.25, -0.2) is 0 Å². The molecule has 15 heavy (non-hydrogen) atoms. The Morgan fingerprint density at radius 3 is 2.73 bits per heavy atom. The van der Waals surface area contributed by atoms with Gasteiger partial charge in [-0.05, 0) is 42.2 Å². The van der Waals surface area contributed by atoms with Crippen LogP contribution in [0.4, 0.5) is 0 Å². The number of nitrogens with two attached hydrogens (primary N) is 1. The van der Waals surface area contributed by atoms with Crippen LogP contribution in [0.2, 0.25) is 0 Å². The van der Waals surface area contributed by atoms with Gasteiger partial charge in [-0.15, -0.1) is 0 Å². The van der Waals surface area contributed by atoms with E-state index in [0.29, 0.717) is 17.9 Å². The molecule has 0 saturated heterocycles. The van der Waals surface area contributed by atoms with E-state index in [1.54, 1.807) is 0 Å². The van der Waals surface area contributed by atoms with E-state index < -0.39 is 0 Å². The molecule has 1 heteroatoms. The lowest BCUT2D eigenvalue weighted by molar-refractivity contribution is 0.380. The molecule has 0 bridgehead atoms. The standard InChI is InChI=1S/C14H21N/c1-10(2)14(15)13-9-5-7-11-6-3-4-8-12(11)13/h3-4,6,8,10,13-14H,5,7,9,15H2,1-2H3. The largest absolute Gasteiger partial charge is 0.327 e. The lowest BCUT2D eigenvalue weighted by Gasteiger charge is -2.32. The van der Waals surface area contributed by atoms with Gasteiger partial charge in [0.15, 0.2) is 0 Å². The van der Waals surface area contributed by atoms with Crippen molar-refractivity contribution < 1.29 is 0 Å². The average molecular weight is 203 g/mol. The number of hydrogen-bond donors (Lipinski definition) is 1. The van der Waals surface area contributed by atoms with Gasteiger partial charge in [0.1, 0.15) is 0 Å².